The third kappa shape index (κ3) is 5.91. The number of nitrogens with one attached hydrogen (secondary N) is 1. The van der Waals surface area contributed by atoms with Crippen molar-refractivity contribution in [3.63, 3.8) is 0 Å². The van der Waals surface area contributed by atoms with Gasteiger partial charge in [0.25, 0.3) is 0 Å². The van der Waals surface area contributed by atoms with Crippen molar-refractivity contribution in [1.29, 1.82) is 0 Å². The first-order chi connectivity index (χ1) is 13.6. The van der Waals surface area contributed by atoms with Gasteiger partial charge in [0.2, 0.25) is 5.91 Å². The molecule has 1 fully saturated rings. The Kier molecular flexibility index (Phi) is 7.63. The summed E-state index contributed by atoms with van der Waals surface area (Å²) in [5, 5.41) is 3.37. The van der Waals surface area contributed by atoms with Gasteiger partial charge >= 0.3 is 0 Å². The van der Waals surface area contributed by atoms with Gasteiger partial charge in [-0.15, -0.1) is 0 Å². The molecule has 3 rings (SSSR count). The molecular formula is C24H33N3O. The van der Waals surface area contributed by atoms with Crippen LogP contribution in [0.4, 0.5) is 0 Å². The van der Waals surface area contributed by atoms with Crippen molar-refractivity contribution in [3.8, 4) is 0 Å². The number of amides is 1. The Balaban J connectivity index is 1.77. The maximum atomic E-state index is 13.4. The normalized spacial score (nSPS) is 16.3. The number of likely N-dealkylation sites (N-methyl/N-ethyl adjacent to an activating group) is 1. The summed E-state index contributed by atoms with van der Waals surface area (Å²) in [5.74, 6) is -0.199. The average Bonchev–Trinajstić information content (AvgIpc) is 2.70. The number of carbonyl (C=O) groups excluding carboxylic acids is 1. The predicted octanol–water partition coefficient (Wildman–Crippen LogP) is 3.35. The molecule has 1 heterocycles. The molecule has 2 aromatic rings. The summed E-state index contributed by atoms with van der Waals surface area (Å²) >= 11 is 0. The Morgan fingerprint density at radius 1 is 0.929 bits per heavy atom. The van der Waals surface area contributed by atoms with Crippen LogP contribution in [-0.4, -0.2) is 62.0 Å². The minimum atomic E-state index is -0.284. The van der Waals surface area contributed by atoms with Crippen molar-refractivity contribution in [1.82, 2.24) is 15.1 Å². The SMILES string of the molecule is CN(C)CC(CN1CCCCC1)NC(=O)C(c1ccccc1)c1ccccc1. The second-order valence-electron chi connectivity index (χ2n) is 8.08. The van der Waals surface area contributed by atoms with Gasteiger partial charge in [0, 0.05) is 13.1 Å². The maximum absolute atomic E-state index is 13.4. The van der Waals surface area contributed by atoms with Gasteiger partial charge in [-0.25, -0.2) is 0 Å². The van der Waals surface area contributed by atoms with E-state index in [4.69, 9.17) is 0 Å². The molecule has 0 radical (unpaired) electrons. The van der Waals surface area contributed by atoms with E-state index in [1.807, 2.05) is 60.7 Å². The molecule has 0 aliphatic carbocycles. The standard InChI is InChI=1S/C24H33N3O/c1-26(2)18-22(19-27-16-10-5-11-17-27)25-24(28)23(20-12-6-3-7-13-20)21-14-8-4-9-15-21/h3-4,6-9,12-15,22-23H,5,10-11,16-19H2,1-2H3,(H,25,28). The molecule has 28 heavy (non-hydrogen) atoms. The second kappa shape index (κ2) is 10.4. The average molecular weight is 380 g/mol. The van der Waals surface area contributed by atoms with Crippen LogP contribution in [-0.2, 0) is 4.79 Å². The molecule has 1 atom stereocenters. The summed E-state index contributed by atoms with van der Waals surface area (Å²) in [7, 11) is 4.14. The minimum Gasteiger partial charge on any atom is -0.350 e. The fourth-order valence-corrected chi connectivity index (χ4v) is 4.11. The molecule has 1 amide bonds. The van der Waals surface area contributed by atoms with E-state index >= 15 is 0 Å². The van der Waals surface area contributed by atoms with Crippen LogP contribution in [0.15, 0.2) is 60.7 Å². The highest BCUT2D eigenvalue weighted by molar-refractivity contribution is 5.87. The quantitative estimate of drug-likeness (QED) is 0.764. The zero-order valence-electron chi connectivity index (χ0n) is 17.2. The number of benzene rings is 2. The van der Waals surface area contributed by atoms with E-state index in [1.54, 1.807) is 0 Å². The van der Waals surface area contributed by atoms with Crippen molar-refractivity contribution in [3.05, 3.63) is 71.8 Å². The third-order valence-corrected chi connectivity index (χ3v) is 5.39. The molecule has 4 heteroatoms. The number of carbonyl (C=O) groups is 1. The number of hydrogen-bond acceptors (Lipinski definition) is 3. The zero-order valence-corrected chi connectivity index (χ0v) is 17.2. The molecule has 2 aromatic carbocycles. The van der Waals surface area contributed by atoms with E-state index in [2.05, 4.69) is 29.2 Å². The van der Waals surface area contributed by atoms with Gasteiger partial charge in [-0.2, -0.15) is 0 Å². The number of likely N-dealkylation sites (tertiary alicyclic amines) is 1. The van der Waals surface area contributed by atoms with Crippen LogP contribution >= 0.6 is 0 Å². The Morgan fingerprint density at radius 3 is 1.96 bits per heavy atom. The first kappa shape index (κ1) is 20.6. The van der Waals surface area contributed by atoms with Crippen molar-refractivity contribution < 1.29 is 4.79 Å². The van der Waals surface area contributed by atoms with Gasteiger partial charge < -0.3 is 15.1 Å². The smallest absolute Gasteiger partial charge is 0.232 e. The van der Waals surface area contributed by atoms with Gasteiger partial charge in [0.05, 0.1) is 12.0 Å². The summed E-state index contributed by atoms with van der Waals surface area (Å²) in [6.07, 6.45) is 3.85. The Hall–Kier alpha value is -2.17. The number of nitrogens with zero attached hydrogens (tertiary/aromatic N) is 2. The largest absolute Gasteiger partial charge is 0.350 e. The molecule has 0 bridgehead atoms. The highest BCUT2D eigenvalue weighted by Crippen LogP contribution is 2.25. The van der Waals surface area contributed by atoms with Crippen LogP contribution in [0.25, 0.3) is 0 Å². The summed E-state index contributed by atoms with van der Waals surface area (Å²) < 4.78 is 0. The monoisotopic (exact) mass is 379 g/mol. The van der Waals surface area contributed by atoms with E-state index in [9.17, 15) is 4.79 Å². The van der Waals surface area contributed by atoms with Crippen LogP contribution in [0.2, 0.25) is 0 Å². The predicted molar refractivity (Wildman–Crippen MR) is 116 cm³/mol. The fraction of sp³-hybridized carbons (Fsp3) is 0.458. The Bertz CT molecular complexity index is 672. The molecule has 1 aliphatic rings. The van der Waals surface area contributed by atoms with Crippen molar-refractivity contribution in [2.45, 2.75) is 31.2 Å². The lowest BCUT2D eigenvalue weighted by molar-refractivity contribution is -0.122. The van der Waals surface area contributed by atoms with Crippen LogP contribution in [0.3, 0.4) is 0 Å². The second-order valence-corrected chi connectivity index (χ2v) is 8.08. The highest BCUT2D eigenvalue weighted by Gasteiger charge is 2.26. The zero-order chi connectivity index (χ0) is 19.8. The molecule has 150 valence electrons. The summed E-state index contributed by atoms with van der Waals surface area (Å²) in [5.41, 5.74) is 2.07. The van der Waals surface area contributed by atoms with Crippen LogP contribution in [0.1, 0.15) is 36.3 Å². The van der Waals surface area contributed by atoms with Gasteiger partial charge in [0.15, 0.2) is 0 Å². The molecular weight excluding hydrogens is 346 g/mol. The summed E-state index contributed by atoms with van der Waals surface area (Å²) in [6, 6.07) is 20.3. The third-order valence-electron chi connectivity index (χ3n) is 5.39. The van der Waals surface area contributed by atoms with E-state index in [-0.39, 0.29) is 17.9 Å². The molecule has 1 unspecified atom stereocenters. The first-order valence-electron chi connectivity index (χ1n) is 10.4. The molecule has 1 N–H and O–H groups in total. The van der Waals surface area contributed by atoms with Crippen molar-refractivity contribution >= 4 is 5.91 Å². The lowest BCUT2D eigenvalue weighted by Crippen LogP contribution is -2.50. The molecule has 1 aliphatic heterocycles. The number of piperidine rings is 1. The maximum Gasteiger partial charge on any atom is 0.232 e. The molecule has 0 spiro atoms. The van der Waals surface area contributed by atoms with Gasteiger partial charge in [-0.3, -0.25) is 4.79 Å². The topological polar surface area (TPSA) is 35.6 Å². The van der Waals surface area contributed by atoms with Crippen LogP contribution in [0.5, 0.6) is 0 Å². The fourth-order valence-electron chi connectivity index (χ4n) is 4.11. The van der Waals surface area contributed by atoms with Crippen molar-refractivity contribution in [2.24, 2.45) is 0 Å². The highest BCUT2D eigenvalue weighted by atomic mass is 16.2. The van der Waals surface area contributed by atoms with E-state index in [0.29, 0.717) is 0 Å². The van der Waals surface area contributed by atoms with Crippen molar-refractivity contribution in [2.75, 3.05) is 40.3 Å². The lowest BCUT2D eigenvalue weighted by Gasteiger charge is -2.33. The summed E-state index contributed by atoms with van der Waals surface area (Å²) in [6.45, 7) is 4.04. The lowest BCUT2D eigenvalue weighted by atomic mass is 9.90. The van der Waals surface area contributed by atoms with Gasteiger partial charge in [-0.05, 0) is 51.2 Å². The van der Waals surface area contributed by atoms with Crippen LogP contribution in [0, 0.1) is 0 Å². The van der Waals surface area contributed by atoms with Gasteiger partial charge in [-0.1, -0.05) is 67.1 Å². The van der Waals surface area contributed by atoms with Gasteiger partial charge in [0.1, 0.15) is 0 Å². The van der Waals surface area contributed by atoms with Crippen LogP contribution < -0.4 is 5.32 Å². The number of hydrogen-bond donors (Lipinski definition) is 1. The molecule has 0 aromatic heterocycles. The van der Waals surface area contributed by atoms with E-state index in [0.717, 1.165) is 37.3 Å². The van der Waals surface area contributed by atoms with E-state index in [1.165, 1.54) is 19.3 Å². The minimum absolute atomic E-state index is 0.0845. The van der Waals surface area contributed by atoms with E-state index < -0.39 is 0 Å². The summed E-state index contributed by atoms with van der Waals surface area (Å²) in [4.78, 5) is 18.1. The Morgan fingerprint density at radius 2 is 1.46 bits per heavy atom. The first-order valence-corrected chi connectivity index (χ1v) is 10.4. The molecule has 4 nitrogen and oxygen atoms in total. The number of rotatable bonds is 8. The molecule has 1 saturated heterocycles. The molecule has 0 saturated carbocycles. The Labute approximate surface area is 169 Å².